The van der Waals surface area contributed by atoms with Crippen LogP contribution in [-0.4, -0.2) is 37.7 Å². The van der Waals surface area contributed by atoms with Crippen molar-refractivity contribution in [3.8, 4) is 0 Å². The minimum absolute atomic E-state index is 0.135. The monoisotopic (exact) mass is 441 g/mol. The highest BCUT2D eigenvalue weighted by Gasteiger charge is 2.21. The van der Waals surface area contributed by atoms with Crippen LogP contribution in [0.5, 0.6) is 0 Å². The summed E-state index contributed by atoms with van der Waals surface area (Å²) in [4.78, 5) is 18.5. The number of pyridine rings is 1. The third kappa shape index (κ3) is 4.72. The number of rotatable bonds is 6. The van der Waals surface area contributed by atoms with Crippen molar-refractivity contribution in [2.24, 2.45) is 0 Å². The average molecular weight is 442 g/mol. The van der Waals surface area contributed by atoms with E-state index in [-0.39, 0.29) is 10.8 Å². The number of nitrogens with zero attached hydrogens (tertiary/aromatic N) is 2. The highest BCUT2D eigenvalue weighted by atomic mass is 32.2. The zero-order valence-electron chi connectivity index (χ0n) is 17.2. The second kappa shape index (κ2) is 8.99. The molecule has 2 aromatic carbocycles. The van der Waals surface area contributed by atoms with Crippen LogP contribution in [0, 0.1) is 13.8 Å². The molecule has 0 spiro atoms. The first-order chi connectivity index (χ1) is 14.2. The molecule has 0 radical (unpaired) electrons. The Morgan fingerprint density at radius 1 is 1.03 bits per heavy atom. The summed E-state index contributed by atoms with van der Waals surface area (Å²) < 4.78 is 26.3. The van der Waals surface area contributed by atoms with Crippen molar-refractivity contribution < 1.29 is 13.2 Å². The summed E-state index contributed by atoms with van der Waals surface area (Å²) in [6.45, 7) is 3.67. The smallest absolute Gasteiger partial charge is 0.258 e. The summed E-state index contributed by atoms with van der Waals surface area (Å²) in [5.74, 6) is -0.344. The predicted molar refractivity (Wildman–Crippen MR) is 120 cm³/mol. The first kappa shape index (κ1) is 22.0. The highest BCUT2D eigenvalue weighted by Crippen LogP contribution is 2.30. The van der Waals surface area contributed by atoms with Crippen molar-refractivity contribution in [2.75, 3.05) is 19.4 Å². The van der Waals surface area contributed by atoms with E-state index in [2.05, 4.69) is 10.3 Å². The SMILES string of the molecule is Cc1cc(S(=O)(=O)N(C)C)cc(NC(=O)c2cccnc2Sc2ccccc2)c1C. The van der Waals surface area contributed by atoms with Crippen LogP contribution >= 0.6 is 11.8 Å². The third-order valence-electron chi connectivity index (χ3n) is 4.64. The lowest BCUT2D eigenvalue weighted by atomic mass is 10.1. The number of hydrogen-bond acceptors (Lipinski definition) is 5. The molecule has 0 fully saturated rings. The number of amides is 1. The Balaban J connectivity index is 1.95. The lowest BCUT2D eigenvalue weighted by molar-refractivity contribution is 0.102. The molecule has 0 saturated carbocycles. The van der Waals surface area contributed by atoms with Gasteiger partial charge in [0.15, 0.2) is 0 Å². The van der Waals surface area contributed by atoms with Crippen LogP contribution in [0.15, 0.2) is 75.6 Å². The van der Waals surface area contributed by atoms with Gasteiger partial charge in [0.25, 0.3) is 5.91 Å². The van der Waals surface area contributed by atoms with E-state index in [9.17, 15) is 13.2 Å². The maximum Gasteiger partial charge on any atom is 0.258 e. The zero-order chi connectivity index (χ0) is 21.9. The van der Waals surface area contributed by atoms with Crippen molar-refractivity contribution in [2.45, 2.75) is 28.7 Å². The molecule has 156 valence electrons. The van der Waals surface area contributed by atoms with Crippen LogP contribution in [-0.2, 0) is 10.0 Å². The van der Waals surface area contributed by atoms with E-state index in [1.807, 2.05) is 44.2 Å². The molecule has 0 bridgehead atoms. The number of hydrogen-bond donors (Lipinski definition) is 1. The summed E-state index contributed by atoms with van der Waals surface area (Å²) in [6, 6.07) is 16.2. The van der Waals surface area contributed by atoms with Gasteiger partial charge in [0, 0.05) is 30.9 Å². The molecule has 0 saturated heterocycles. The molecule has 0 unspecified atom stereocenters. The minimum Gasteiger partial charge on any atom is -0.322 e. The normalized spacial score (nSPS) is 11.5. The van der Waals surface area contributed by atoms with Gasteiger partial charge >= 0.3 is 0 Å². The number of benzene rings is 2. The maximum atomic E-state index is 13.1. The van der Waals surface area contributed by atoms with E-state index >= 15 is 0 Å². The third-order valence-corrected chi connectivity index (χ3v) is 7.46. The fraction of sp³-hybridized carbons (Fsp3) is 0.182. The molecular weight excluding hydrogens is 418 g/mol. The first-order valence-electron chi connectivity index (χ1n) is 9.23. The van der Waals surface area contributed by atoms with Gasteiger partial charge in [-0.25, -0.2) is 17.7 Å². The second-order valence-electron chi connectivity index (χ2n) is 6.93. The van der Waals surface area contributed by atoms with Gasteiger partial charge in [-0.3, -0.25) is 4.79 Å². The van der Waals surface area contributed by atoms with Crippen molar-refractivity contribution in [1.82, 2.24) is 9.29 Å². The van der Waals surface area contributed by atoms with Gasteiger partial charge in [-0.05, 0) is 61.4 Å². The van der Waals surface area contributed by atoms with Gasteiger partial charge in [-0.2, -0.15) is 0 Å². The Morgan fingerprint density at radius 3 is 2.40 bits per heavy atom. The Kier molecular flexibility index (Phi) is 6.60. The van der Waals surface area contributed by atoms with Crippen molar-refractivity contribution in [3.63, 3.8) is 0 Å². The number of aromatic nitrogens is 1. The van der Waals surface area contributed by atoms with Crippen LogP contribution < -0.4 is 5.32 Å². The van der Waals surface area contributed by atoms with E-state index in [0.717, 1.165) is 20.3 Å². The van der Waals surface area contributed by atoms with Crippen LogP contribution in [0.25, 0.3) is 0 Å². The summed E-state index contributed by atoms with van der Waals surface area (Å²) in [5, 5.41) is 3.45. The summed E-state index contributed by atoms with van der Waals surface area (Å²) >= 11 is 1.40. The molecule has 3 rings (SSSR count). The number of sulfonamides is 1. The zero-order valence-corrected chi connectivity index (χ0v) is 18.8. The largest absolute Gasteiger partial charge is 0.322 e. The van der Waals surface area contributed by atoms with E-state index in [4.69, 9.17) is 0 Å². The average Bonchev–Trinajstić information content (AvgIpc) is 2.72. The van der Waals surface area contributed by atoms with Crippen LogP contribution in [0.1, 0.15) is 21.5 Å². The highest BCUT2D eigenvalue weighted by molar-refractivity contribution is 7.99. The van der Waals surface area contributed by atoms with Crippen LogP contribution in [0.3, 0.4) is 0 Å². The Labute approximate surface area is 181 Å². The van der Waals surface area contributed by atoms with Gasteiger partial charge in [0.1, 0.15) is 5.03 Å². The van der Waals surface area contributed by atoms with Gasteiger partial charge in [0.05, 0.1) is 10.5 Å². The van der Waals surface area contributed by atoms with E-state index in [0.29, 0.717) is 16.3 Å². The van der Waals surface area contributed by atoms with Crippen LogP contribution in [0.2, 0.25) is 0 Å². The molecule has 8 heteroatoms. The van der Waals surface area contributed by atoms with Gasteiger partial charge < -0.3 is 5.32 Å². The molecule has 0 aliphatic carbocycles. The maximum absolute atomic E-state index is 13.1. The van der Waals surface area contributed by atoms with Gasteiger partial charge in [-0.15, -0.1) is 0 Å². The van der Waals surface area contributed by atoms with Crippen molar-refractivity contribution in [3.05, 3.63) is 77.5 Å². The Bertz CT molecular complexity index is 1180. The van der Waals surface area contributed by atoms with Gasteiger partial charge in [-0.1, -0.05) is 30.0 Å². The molecule has 30 heavy (non-hydrogen) atoms. The molecule has 3 aromatic rings. The first-order valence-corrected chi connectivity index (χ1v) is 11.5. The molecule has 1 aromatic heterocycles. The molecule has 1 amide bonds. The number of anilines is 1. The van der Waals surface area contributed by atoms with Gasteiger partial charge in [0.2, 0.25) is 10.0 Å². The Hall–Kier alpha value is -2.68. The van der Waals surface area contributed by atoms with E-state index < -0.39 is 10.0 Å². The van der Waals surface area contributed by atoms with E-state index in [1.54, 1.807) is 24.4 Å². The quantitative estimate of drug-likeness (QED) is 0.615. The molecule has 0 aliphatic rings. The standard InChI is InChI=1S/C22H23N3O3S2/c1-15-13-18(30(27,28)25(3)4)14-20(16(15)2)24-21(26)19-11-8-12-23-22(19)29-17-9-6-5-7-10-17/h5-14H,1-4H3,(H,24,26). The molecule has 1 N–H and O–H groups in total. The number of carbonyl (C=O) groups excluding carboxylic acids is 1. The summed E-state index contributed by atoms with van der Waals surface area (Å²) in [6.07, 6.45) is 1.64. The molecule has 1 heterocycles. The van der Waals surface area contributed by atoms with Crippen molar-refractivity contribution in [1.29, 1.82) is 0 Å². The Morgan fingerprint density at radius 2 is 1.73 bits per heavy atom. The number of carbonyl (C=O) groups is 1. The molecule has 6 nitrogen and oxygen atoms in total. The minimum atomic E-state index is -3.62. The second-order valence-corrected chi connectivity index (χ2v) is 10.1. The van der Waals surface area contributed by atoms with Crippen molar-refractivity contribution >= 4 is 33.4 Å². The topological polar surface area (TPSA) is 79.4 Å². The van der Waals surface area contributed by atoms with Crippen LogP contribution in [0.4, 0.5) is 5.69 Å². The summed E-state index contributed by atoms with van der Waals surface area (Å²) in [7, 11) is -0.667. The molecule has 0 atom stereocenters. The predicted octanol–water partition coefficient (Wildman–Crippen LogP) is 4.35. The number of nitrogens with one attached hydrogen (secondary N) is 1. The summed E-state index contributed by atoms with van der Waals surface area (Å²) in [5.41, 5.74) is 2.46. The lowest BCUT2D eigenvalue weighted by Crippen LogP contribution is -2.23. The van der Waals surface area contributed by atoms with E-state index in [1.165, 1.54) is 31.9 Å². The fourth-order valence-corrected chi connectivity index (χ4v) is 4.67. The molecule has 0 aliphatic heterocycles. The fourth-order valence-electron chi connectivity index (χ4n) is 2.75. The molecular formula is C22H23N3O3S2. The number of aryl methyl sites for hydroxylation is 1. The lowest BCUT2D eigenvalue weighted by Gasteiger charge is -2.17.